The normalized spacial score (nSPS) is 11.7. The maximum absolute atomic E-state index is 5.22. The lowest BCUT2D eigenvalue weighted by molar-refractivity contribution is 1.23. The molecule has 2 heteroatoms. The summed E-state index contributed by atoms with van der Waals surface area (Å²) in [5.41, 5.74) is 11.6. The number of nitrogens with zero attached hydrogens (tertiary/aromatic N) is 2. The lowest BCUT2D eigenvalue weighted by Crippen LogP contribution is -1.96. The zero-order valence-electron chi connectivity index (χ0n) is 20.6. The second kappa shape index (κ2) is 8.22. The molecule has 0 saturated heterocycles. The summed E-state index contributed by atoms with van der Waals surface area (Å²) in [6.45, 7) is 0. The van der Waals surface area contributed by atoms with E-state index in [1.54, 1.807) is 0 Å². The molecule has 0 bridgehead atoms. The van der Waals surface area contributed by atoms with Gasteiger partial charge >= 0.3 is 0 Å². The SMILES string of the molecule is c1ccc(-c2ccc3cccc4c3c2-c2cccc(-c3nc(-c5ccccc5)c5ccccc5n3)c2-4)cc1. The van der Waals surface area contributed by atoms with Crippen LogP contribution in [0.25, 0.3) is 77.7 Å². The molecule has 1 aliphatic rings. The summed E-state index contributed by atoms with van der Waals surface area (Å²) in [5, 5.41) is 3.62. The maximum atomic E-state index is 5.22. The van der Waals surface area contributed by atoms with Crippen LogP contribution in [-0.4, -0.2) is 9.97 Å². The van der Waals surface area contributed by atoms with Crippen molar-refractivity contribution >= 4 is 21.7 Å². The van der Waals surface area contributed by atoms with Crippen LogP contribution in [0.3, 0.4) is 0 Å². The molecule has 0 fully saturated rings. The van der Waals surface area contributed by atoms with Gasteiger partial charge in [-0.3, -0.25) is 0 Å². The van der Waals surface area contributed by atoms with Gasteiger partial charge in [0.15, 0.2) is 5.82 Å². The third-order valence-corrected chi connectivity index (χ3v) is 7.62. The van der Waals surface area contributed by atoms with Gasteiger partial charge < -0.3 is 0 Å². The van der Waals surface area contributed by atoms with Gasteiger partial charge in [0.1, 0.15) is 0 Å². The second-order valence-electron chi connectivity index (χ2n) is 9.76. The smallest absolute Gasteiger partial charge is 0.161 e. The van der Waals surface area contributed by atoms with Crippen LogP contribution in [0, 0.1) is 0 Å². The quantitative estimate of drug-likeness (QED) is 0.251. The lowest BCUT2D eigenvalue weighted by Gasteiger charge is -2.13. The van der Waals surface area contributed by atoms with Crippen molar-refractivity contribution in [1.82, 2.24) is 9.97 Å². The van der Waals surface area contributed by atoms with Crippen LogP contribution in [-0.2, 0) is 0 Å². The van der Waals surface area contributed by atoms with Gasteiger partial charge in [0.25, 0.3) is 0 Å². The molecule has 0 amide bonds. The Hall–Kier alpha value is -5.08. The summed E-state index contributed by atoms with van der Waals surface area (Å²) in [7, 11) is 0. The molecule has 1 aromatic heterocycles. The minimum atomic E-state index is 0.755. The van der Waals surface area contributed by atoms with E-state index in [-0.39, 0.29) is 0 Å². The third-order valence-electron chi connectivity index (χ3n) is 7.62. The van der Waals surface area contributed by atoms with E-state index < -0.39 is 0 Å². The fourth-order valence-electron chi connectivity index (χ4n) is 5.98. The van der Waals surface area contributed by atoms with Crippen LogP contribution < -0.4 is 0 Å². The zero-order chi connectivity index (χ0) is 25.1. The Morgan fingerprint density at radius 3 is 1.92 bits per heavy atom. The molecule has 2 nitrogen and oxygen atoms in total. The molecule has 1 heterocycles. The standard InChI is InChI=1S/C36H22N2/c1-3-11-23(12-4-1)26-22-21-24-15-9-17-28-32(24)34(26)29-18-10-19-30(33(28)29)36-37-31-20-8-7-16-27(31)35(38-36)25-13-5-2-6-14-25/h1-22H. The number of benzene rings is 6. The molecule has 8 rings (SSSR count). The highest BCUT2D eigenvalue weighted by Crippen LogP contribution is 2.53. The average molecular weight is 483 g/mol. The molecule has 0 atom stereocenters. The van der Waals surface area contributed by atoms with E-state index in [1.165, 1.54) is 44.2 Å². The Labute approximate surface area is 220 Å². The van der Waals surface area contributed by atoms with Crippen molar-refractivity contribution in [1.29, 1.82) is 0 Å². The third kappa shape index (κ3) is 3.07. The number of hydrogen-bond donors (Lipinski definition) is 0. The van der Waals surface area contributed by atoms with Crippen molar-refractivity contribution < 1.29 is 0 Å². The van der Waals surface area contributed by atoms with Crippen LogP contribution in [0.1, 0.15) is 0 Å². The molecule has 1 aliphatic carbocycles. The van der Waals surface area contributed by atoms with Crippen LogP contribution in [0.5, 0.6) is 0 Å². The summed E-state index contributed by atoms with van der Waals surface area (Å²) >= 11 is 0. The predicted octanol–water partition coefficient (Wildman–Crippen LogP) is 9.43. The van der Waals surface area contributed by atoms with Crippen molar-refractivity contribution in [3.05, 3.63) is 133 Å². The summed E-state index contributed by atoms with van der Waals surface area (Å²) < 4.78 is 0. The first-order valence-corrected chi connectivity index (χ1v) is 12.9. The van der Waals surface area contributed by atoms with Crippen molar-refractivity contribution in [2.45, 2.75) is 0 Å². The van der Waals surface area contributed by atoms with Crippen molar-refractivity contribution in [3.63, 3.8) is 0 Å². The molecule has 38 heavy (non-hydrogen) atoms. The highest BCUT2D eigenvalue weighted by Gasteiger charge is 2.28. The fraction of sp³-hybridized carbons (Fsp3) is 0. The number of hydrogen-bond acceptors (Lipinski definition) is 2. The monoisotopic (exact) mass is 482 g/mol. The van der Waals surface area contributed by atoms with Crippen LogP contribution in [0.2, 0.25) is 0 Å². The van der Waals surface area contributed by atoms with Gasteiger partial charge in [-0.05, 0) is 44.7 Å². The molecule has 0 aliphatic heterocycles. The van der Waals surface area contributed by atoms with Gasteiger partial charge in [-0.1, -0.05) is 127 Å². The van der Waals surface area contributed by atoms with E-state index in [1.807, 2.05) is 12.1 Å². The predicted molar refractivity (Wildman–Crippen MR) is 158 cm³/mol. The molecule has 0 unspecified atom stereocenters. The molecule has 0 N–H and O–H groups in total. The van der Waals surface area contributed by atoms with Crippen molar-refractivity contribution in [2.75, 3.05) is 0 Å². The van der Waals surface area contributed by atoms with E-state index in [9.17, 15) is 0 Å². The highest BCUT2D eigenvalue weighted by molar-refractivity contribution is 6.21. The Balaban J connectivity index is 1.44. The molecule has 176 valence electrons. The first-order valence-electron chi connectivity index (χ1n) is 12.9. The van der Waals surface area contributed by atoms with Gasteiger partial charge in [0.05, 0.1) is 11.2 Å². The van der Waals surface area contributed by atoms with E-state index in [4.69, 9.17) is 9.97 Å². The first kappa shape index (κ1) is 21.0. The molecule has 0 spiro atoms. The van der Waals surface area contributed by atoms with Crippen LogP contribution in [0.15, 0.2) is 133 Å². The van der Waals surface area contributed by atoms with Gasteiger partial charge in [-0.15, -0.1) is 0 Å². The molecule has 7 aromatic rings. The lowest BCUT2D eigenvalue weighted by atomic mass is 9.92. The number of rotatable bonds is 3. The molecule has 0 saturated carbocycles. The Morgan fingerprint density at radius 2 is 1.08 bits per heavy atom. The van der Waals surface area contributed by atoms with E-state index in [0.29, 0.717) is 0 Å². The van der Waals surface area contributed by atoms with Gasteiger partial charge in [0.2, 0.25) is 0 Å². The largest absolute Gasteiger partial charge is 0.228 e. The van der Waals surface area contributed by atoms with Crippen LogP contribution in [0.4, 0.5) is 0 Å². The molecular formula is C36H22N2. The van der Waals surface area contributed by atoms with Crippen molar-refractivity contribution in [3.8, 4) is 56.0 Å². The minimum Gasteiger partial charge on any atom is -0.228 e. The highest BCUT2D eigenvalue weighted by atomic mass is 14.9. The molecule has 6 aromatic carbocycles. The number of para-hydroxylation sites is 1. The summed E-state index contributed by atoms with van der Waals surface area (Å²) in [4.78, 5) is 10.3. The molecule has 0 radical (unpaired) electrons. The van der Waals surface area contributed by atoms with Gasteiger partial charge in [-0.25, -0.2) is 9.97 Å². The average Bonchev–Trinajstić information content (AvgIpc) is 3.34. The number of aromatic nitrogens is 2. The van der Waals surface area contributed by atoms with Gasteiger partial charge in [-0.2, -0.15) is 0 Å². The van der Waals surface area contributed by atoms with Crippen molar-refractivity contribution in [2.24, 2.45) is 0 Å². The van der Waals surface area contributed by atoms with E-state index in [2.05, 4.69) is 121 Å². The minimum absolute atomic E-state index is 0.755. The zero-order valence-corrected chi connectivity index (χ0v) is 20.6. The van der Waals surface area contributed by atoms with Gasteiger partial charge in [0, 0.05) is 22.1 Å². The van der Waals surface area contributed by atoms with Crippen LogP contribution >= 0.6 is 0 Å². The number of fused-ring (bicyclic) bond motifs is 4. The summed E-state index contributed by atoms with van der Waals surface area (Å²) in [6.07, 6.45) is 0. The molecular weight excluding hydrogens is 460 g/mol. The fourth-order valence-corrected chi connectivity index (χ4v) is 5.98. The topological polar surface area (TPSA) is 25.8 Å². The van der Waals surface area contributed by atoms with E-state index >= 15 is 0 Å². The Morgan fingerprint density at radius 1 is 0.395 bits per heavy atom. The van der Waals surface area contributed by atoms with E-state index in [0.717, 1.165) is 33.5 Å². The Kier molecular flexibility index (Phi) is 4.55. The second-order valence-corrected chi connectivity index (χ2v) is 9.76. The summed E-state index contributed by atoms with van der Waals surface area (Å²) in [6, 6.07) is 47.1. The maximum Gasteiger partial charge on any atom is 0.161 e. The Bertz CT molecular complexity index is 2010. The first-order chi connectivity index (χ1) is 18.9. The summed E-state index contributed by atoms with van der Waals surface area (Å²) in [5.74, 6) is 0.755.